The van der Waals surface area contributed by atoms with Crippen LogP contribution in [0, 0.1) is 0 Å². The molecule has 0 atom stereocenters. The van der Waals surface area contributed by atoms with E-state index >= 15 is 0 Å². The van der Waals surface area contributed by atoms with Crippen LogP contribution in [0.15, 0.2) is 65.2 Å². The summed E-state index contributed by atoms with van der Waals surface area (Å²) < 4.78 is 22.8. The number of likely N-dealkylation sites (N-methyl/N-ethyl adjacent to an activating group) is 1. The van der Waals surface area contributed by atoms with Crippen LogP contribution in [0.25, 0.3) is 5.57 Å². The summed E-state index contributed by atoms with van der Waals surface area (Å²) in [5, 5.41) is 14.4. The van der Waals surface area contributed by atoms with Gasteiger partial charge in [0.2, 0.25) is 10.0 Å². The molecule has 152 valence electrons. The summed E-state index contributed by atoms with van der Waals surface area (Å²) in [5.74, 6) is -0.920. The van der Waals surface area contributed by atoms with Crippen molar-refractivity contribution in [2.45, 2.75) is 11.4 Å². The molecule has 0 bridgehead atoms. The maximum atomic E-state index is 13.1. The van der Waals surface area contributed by atoms with Crippen LogP contribution in [0.5, 0.6) is 0 Å². The van der Waals surface area contributed by atoms with E-state index < -0.39 is 21.8 Å². The Morgan fingerprint density at radius 2 is 1.62 bits per heavy atom. The van der Waals surface area contributed by atoms with E-state index in [-0.39, 0.29) is 35.9 Å². The standard InChI is InChI=1S/C20H21N3O5S/c1-22(11-12-24)18-17(15-5-3-2-4-6-15)19(25)23(20(18)26)13-14-7-9-16(10-8-14)29(21,27)28/h2-10,24H,11-13H2,1H3,(H2,21,27,28). The number of amides is 2. The molecule has 29 heavy (non-hydrogen) atoms. The molecule has 0 aromatic heterocycles. The molecule has 0 unspecified atom stereocenters. The van der Waals surface area contributed by atoms with E-state index in [2.05, 4.69) is 0 Å². The van der Waals surface area contributed by atoms with Crippen molar-refractivity contribution in [1.82, 2.24) is 9.80 Å². The predicted molar refractivity (Wildman–Crippen MR) is 106 cm³/mol. The Balaban J connectivity index is 1.95. The van der Waals surface area contributed by atoms with Crippen LogP contribution >= 0.6 is 0 Å². The molecular formula is C20H21N3O5S. The first-order valence-electron chi connectivity index (χ1n) is 8.83. The third-order valence-electron chi connectivity index (χ3n) is 4.62. The van der Waals surface area contributed by atoms with Gasteiger partial charge in [-0.3, -0.25) is 14.5 Å². The van der Waals surface area contributed by atoms with Gasteiger partial charge in [-0.2, -0.15) is 0 Å². The summed E-state index contributed by atoms with van der Waals surface area (Å²) in [5.41, 5.74) is 1.68. The summed E-state index contributed by atoms with van der Waals surface area (Å²) in [6.07, 6.45) is 0. The summed E-state index contributed by atoms with van der Waals surface area (Å²) in [6.45, 7) is 0.00944. The normalized spacial score (nSPS) is 14.7. The van der Waals surface area contributed by atoms with E-state index in [0.29, 0.717) is 11.1 Å². The highest BCUT2D eigenvalue weighted by molar-refractivity contribution is 7.89. The van der Waals surface area contributed by atoms with E-state index in [1.807, 2.05) is 6.07 Å². The topological polar surface area (TPSA) is 121 Å². The largest absolute Gasteiger partial charge is 0.395 e. The third-order valence-corrected chi connectivity index (χ3v) is 5.54. The Labute approximate surface area is 168 Å². The summed E-state index contributed by atoms with van der Waals surface area (Å²) in [6, 6.07) is 14.6. The number of aliphatic hydroxyl groups is 1. The summed E-state index contributed by atoms with van der Waals surface area (Å²) >= 11 is 0. The Morgan fingerprint density at radius 3 is 2.17 bits per heavy atom. The second-order valence-corrected chi connectivity index (χ2v) is 8.18. The number of hydrogen-bond acceptors (Lipinski definition) is 6. The van der Waals surface area contributed by atoms with Gasteiger partial charge in [0.05, 0.1) is 23.6 Å². The molecule has 3 N–H and O–H groups in total. The Morgan fingerprint density at radius 1 is 1.00 bits per heavy atom. The lowest BCUT2D eigenvalue weighted by atomic mass is 10.0. The maximum Gasteiger partial charge on any atom is 0.278 e. The average Bonchev–Trinajstić information content (AvgIpc) is 2.93. The van der Waals surface area contributed by atoms with Crippen LogP contribution in [0.3, 0.4) is 0 Å². The first-order chi connectivity index (χ1) is 13.7. The summed E-state index contributed by atoms with van der Waals surface area (Å²) in [7, 11) is -2.18. The van der Waals surface area contributed by atoms with Crippen LogP contribution in [-0.4, -0.2) is 55.3 Å². The minimum absolute atomic E-state index is 0.0185. The number of carbonyl (C=O) groups is 2. The average molecular weight is 415 g/mol. The lowest BCUT2D eigenvalue weighted by Crippen LogP contribution is -2.34. The number of imide groups is 1. The highest BCUT2D eigenvalue weighted by Crippen LogP contribution is 2.32. The molecule has 0 saturated carbocycles. The predicted octanol–water partition coefficient (Wildman–Crippen LogP) is 0.538. The molecule has 0 saturated heterocycles. The maximum absolute atomic E-state index is 13.1. The number of rotatable bonds is 7. The van der Waals surface area contributed by atoms with Crippen LogP contribution in [0.1, 0.15) is 11.1 Å². The first kappa shape index (κ1) is 20.7. The quantitative estimate of drug-likeness (QED) is 0.637. The van der Waals surface area contributed by atoms with E-state index in [9.17, 15) is 23.1 Å². The number of nitrogens with zero attached hydrogens (tertiary/aromatic N) is 2. The number of carbonyl (C=O) groups excluding carboxylic acids is 2. The zero-order valence-corrected chi connectivity index (χ0v) is 16.6. The van der Waals surface area contributed by atoms with Gasteiger partial charge in [0.25, 0.3) is 11.8 Å². The van der Waals surface area contributed by atoms with Gasteiger partial charge < -0.3 is 10.0 Å². The van der Waals surface area contributed by atoms with Gasteiger partial charge in [-0.25, -0.2) is 13.6 Å². The van der Waals surface area contributed by atoms with E-state index in [1.54, 1.807) is 36.2 Å². The second-order valence-electron chi connectivity index (χ2n) is 6.62. The third kappa shape index (κ3) is 4.21. The molecular weight excluding hydrogens is 394 g/mol. The smallest absolute Gasteiger partial charge is 0.278 e. The molecule has 2 aromatic carbocycles. The second kappa shape index (κ2) is 8.16. The van der Waals surface area contributed by atoms with E-state index in [4.69, 9.17) is 5.14 Å². The molecule has 2 amide bonds. The zero-order valence-electron chi connectivity index (χ0n) is 15.8. The fourth-order valence-corrected chi connectivity index (χ4v) is 3.67. The van der Waals surface area contributed by atoms with Crippen LogP contribution in [0.4, 0.5) is 0 Å². The molecule has 3 rings (SSSR count). The molecule has 0 fully saturated rings. The van der Waals surface area contributed by atoms with Crippen LogP contribution < -0.4 is 5.14 Å². The van der Waals surface area contributed by atoms with Crippen molar-refractivity contribution in [3.05, 3.63) is 71.4 Å². The molecule has 0 spiro atoms. The van der Waals surface area contributed by atoms with Gasteiger partial charge in [0.1, 0.15) is 5.70 Å². The van der Waals surface area contributed by atoms with Crippen molar-refractivity contribution >= 4 is 27.4 Å². The van der Waals surface area contributed by atoms with Gasteiger partial charge in [0.15, 0.2) is 0 Å². The van der Waals surface area contributed by atoms with Crippen molar-refractivity contribution in [1.29, 1.82) is 0 Å². The lowest BCUT2D eigenvalue weighted by molar-refractivity contribution is -0.138. The van der Waals surface area contributed by atoms with Gasteiger partial charge >= 0.3 is 0 Å². The molecule has 1 aliphatic heterocycles. The van der Waals surface area contributed by atoms with Crippen molar-refractivity contribution in [2.75, 3.05) is 20.2 Å². The monoisotopic (exact) mass is 415 g/mol. The van der Waals surface area contributed by atoms with Crippen LogP contribution in [-0.2, 0) is 26.2 Å². The van der Waals surface area contributed by atoms with Crippen molar-refractivity contribution < 1.29 is 23.1 Å². The Bertz CT molecular complexity index is 1060. The van der Waals surface area contributed by atoms with Gasteiger partial charge in [-0.1, -0.05) is 42.5 Å². The number of hydrogen-bond donors (Lipinski definition) is 2. The molecule has 1 heterocycles. The van der Waals surface area contributed by atoms with Gasteiger partial charge in [-0.15, -0.1) is 0 Å². The highest BCUT2D eigenvalue weighted by Gasteiger charge is 2.40. The number of sulfonamides is 1. The number of nitrogens with two attached hydrogens (primary N) is 1. The Kier molecular flexibility index (Phi) is 5.83. The molecule has 8 nitrogen and oxygen atoms in total. The van der Waals surface area contributed by atoms with E-state index in [0.717, 1.165) is 4.90 Å². The van der Waals surface area contributed by atoms with Crippen molar-refractivity contribution in [3.63, 3.8) is 0 Å². The van der Waals surface area contributed by atoms with Crippen LogP contribution in [0.2, 0.25) is 0 Å². The minimum atomic E-state index is -3.83. The minimum Gasteiger partial charge on any atom is -0.395 e. The summed E-state index contributed by atoms with van der Waals surface area (Å²) in [4.78, 5) is 28.8. The van der Waals surface area contributed by atoms with E-state index in [1.165, 1.54) is 24.3 Å². The molecule has 0 aliphatic carbocycles. The number of benzene rings is 2. The number of aliphatic hydroxyl groups excluding tert-OH is 1. The SMILES string of the molecule is CN(CCO)C1=C(c2ccccc2)C(=O)N(Cc2ccc(S(N)(=O)=O)cc2)C1=O. The van der Waals surface area contributed by atoms with Gasteiger partial charge in [0, 0.05) is 13.6 Å². The molecule has 2 aromatic rings. The van der Waals surface area contributed by atoms with Crippen molar-refractivity contribution in [3.8, 4) is 0 Å². The molecule has 0 radical (unpaired) electrons. The molecule has 9 heteroatoms. The Hall–Kier alpha value is -3.01. The van der Waals surface area contributed by atoms with Crippen molar-refractivity contribution in [2.24, 2.45) is 5.14 Å². The van der Waals surface area contributed by atoms with Gasteiger partial charge in [-0.05, 0) is 23.3 Å². The molecule has 1 aliphatic rings. The highest BCUT2D eigenvalue weighted by atomic mass is 32.2. The number of primary sulfonamides is 1. The fourth-order valence-electron chi connectivity index (χ4n) is 3.15. The zero-order chi connectivity index (χ0) is 21.2. The fraction of sp³-hybridized carbons (Fsp3) is 0.200. The first-order valence-corrected chi connectivity index (χ1v) is 10.4. The lowest BCUT2D eigenvalue weighted by Gasteiger charge is -2.20.